The van der Waals surface area contributed by atoms with Crippen LogP contribution in [0.25, 0.3) is 0 Å². The fourth-order valence-electron chi connectivity index (χ4n) is 2.33. The number of nitrogens with one attached hydrogen (secondary N) is 1. The molecule has 0 aromatic heterocycles. The van der Waals surface area contributed by atoms with Gasteiger partial charge in [-0.3, -0.25) is 9.59 Å². The second kappa shape index (κ2) is 7.55. The molecule has 3 nitrogen and oxygen atoms in total. The van der Waals surface area contributed by atoms with Crippen molar-refractivity contribution in [2.24, 2.45) is 11.8 Å². The van der Waals surface area contributed by atoms with Crippen LogP contribution < -0.4 is 5.32 Å². The molecule has 114 valence electrons. The Balaban J connectivity index is 2.17. The average molecular weight is 295 g/mol. The van der Waals surface area contributed by atoms with E-state index in [1.165, 1.54) is 0 Å². The average Bonchev–Trinajstić information content (AvgIpc) is 2.53. The Morgan fingerprint density at radius 1 is 0.909 bits per heavy atom. The Morgan fingerprint density at radius 3 is 2.00 bits per heavy atom. The number of anilines is 1. The van der Waals surface area contributed by atoms with Crippen LogP contribution in [0.1, 0.15) is 19.4 Å². The molecular formula is C19H21NO2. The van der Waals surface area contributed by atoms with Crippen molar-refractivity contribution in [3.8, 4) is 0 Å². The van der Waals surface area contributed by atoms with E-state index in [9.17, 15) is 9.59 Å². The molecule has 1 N–H and O–H groups in total. The van der Waals surface area contributed by atoms with E-state index in [2.05, 4.69) is 5.32 Å². The van der Waals surface area contributed by atoms with E-state index in [-0.39, 0.29) is 17.6 Å². The Hall–Kier alpha value is -2.42. The molecule has 0 spiro atoms. The molecule has 22 heavy (non-hydrogen) atoms. The van der Waals surface area contributed by atoms with Gasteiger partial charge in [0.15, 0.2) is 0 Å². The summed E-state index contributed by atoms with van der Waals surface area (Å²) in [5.74, 6) is -1.11. The second-order valence-electron chi connectivity index (χ2n) is 5.65. The predicted octanol–water partition coefficient (Wildman–Crippen LogP) is 3.71. The Labute approximate surface area is 131 Å². The monoisotopic (exact) mass is 295 g/mol. The SMILES string of the molecule is CC(C)C(=O)C(Cc1ccccc1)C(=O)Nc1ccccc1. The maximum absolute atomic E-state index is 12.5. The minimum Gasteiger partial charge on any atom is -0.325 e. The number of para-hydroxylation sites is 1. The zero-order valence-electron chi connectivity index (χ0n) is 13.0. The summed E-state index contributed by atoms with van der Waals surface area (Å²) in [6, 6.07) is 18.9. The first kappa shape index (κ1) is 16.0. The van der Waals surface area contributed by atoms with Gasteiger partial charge in [-0.15, -0.1) is 0 Å². The maximum atomic E-state index is 12.5. The number of Topliss-reactive ketones (excluding diaryl/α,β-unsaturated/α-hetero) is 1. The number of benzene rings is 2. The molecule has 2 aromatic carbocycles. The Bertz CT molecular complexity index is 620. The molecular weight excluding hydrogens is 274 g/mol. The van der Waals surface area contributed by atoms with Gasteiger partial charge in [0.2, 0.25) is 5.91 Å². The van der Waals surface area contributed by atoms with Crippen molar-refractivity contribution in [2.45, 2.75) is 20.3 Å². The van der Waals surface area contributed by atoms with E-state index in [1.807, 2.05) is 74.5 Å². The lowest BCUT2D eigenvalue weighted by Crippen LogP contribution is -2.34. The summed E-state index contributed by atoms with van der Waals surface area (Å²) in [5, 5.41) is 2.84. The van der Waals surface area contributed by atoms with Gasteiger partial charge in [-0.2, -0.15) is 0 Å². The first-order valence-corrected chi connectivity index (χ1v) is 7.51. The summed E-state index contributed by atoms with van der Waals surface area (Å²) in [6.07, 6.45) is 0.427. The second-order valence-corrected chi connectivity index (χ2v) is 5.65. The molecule has 0 heterocycles. The third-order valence-electron chi connectivity index (χ3n) is 3.55. The van der Waals surface area contributed by atoms with E-state index in [4.69, 9.17) is 0 Å². The van der Waals surface area contributed by atoms with Gasteiger partial charge >= 0.3 is 0 Å². The number of amides is 1. The summed E-state index contributed by atoms with van der Waals surface area (Å²) in [7, 11) is 0. The van der Waals surface area contributed by atoms with Crippen molar-refractivity contribution in [2.75, 3.05) is 5.32 Å². The molecule has 0 saturated carbocycles. The number of carbonyl (C=O) groups excluding carboxylic acids is 2. The lowest BCUT2D eigenvalue weighted by molar-refractivity contribution is -0.133. The fourth-order valence-corrected chi connectivity index (χ4v) is 2.33. The molecule has 0 aliphatic rings. The quantitative estimate of drug-likeness (QED) is 0.826. The van der Waals surface area contributed by atoms with Crippen molar-refractivity contribution in [1.82, 2.24) is 0 Å². The van der Waals surface area contributed by atoms with Crippen LogP contribution in [-0.2, 0) is 16.0 Å². The fraction of sp³-hybridized carbons (Fsp3) is 0.263. The first-order valence-electron chi connectivity index (χ1n) is 7.51. The van der Waals surface area contributed by atoms with Crippen LogP contribution in [0, 0.1) is 11.8 Å². The van der Waals surface area contributed by atoms with Crippen LogP contribution >= 0.6 is 0 Å². The number of hydrogen-bond acceptors (Lipinski definition) is 2. The standard InChI is InChI=1S/C19H21NO2/c1-14(2)18(21)17(13-15-9-5-3-6-10-15)19(22)20-16-11-7-4-8-12-16/h3-12,14,17H,13H2,1-2H3,(H,20,22). The van der Waals surface area contributed by atoms with Gasteiger partial charge in [-0.25, -0.2) is 0 Å². The highest BCUT2D eigenvalue weighted by atomic mass is 16.2. The molecule has 2 aromatic rings. The van der Waals surface area contributed by atoms with Crippen molar-refractivity contribution < 1.29 is 9.59 Å². The summed E-state index contributed by atoms with van der Waals surface area (Å²) in [4.78, 5) is 24.9. The van der Waals surface area contributed by atoms with Gasteiger partial charge in [0.25, 0.3) is 0 Å². The number of ketones is 1. The molecule has 0 radical (unpaired) electrons. The van der Waals surface area contributed by atoms with Gasteiger partial charge in [-0.1, -0.05) is 62.4 Å². The normalized spacial score (nSPS) is 12.0. The highest BCUT2D eigenvalue weighted by molar-refractivity contribution is 6.07. The molecule has 0 saturated heterocycles. The molecule has 0 aliphatic heterocycles. The largest absolute Gasteiger partial charge is 0.325 e. The molecule has 1 unspecified atom stereocenters. The number of carbonyl (C=O) groups is 2. The van der Waals surface area contributed by atoms with E-state index >= 15 is 0 Å². The Morgan fingerprint density at radius 2 is 1.45 bits per heavy atom. The van der Waals surface area contributed by atoms with Crippen LogP contribution in [0.15, 0.2) is 60.7 Å². The molecule has 3 heteroatoms. The van der Waals surface area contributed by atoms with Gasteiger partial charge < -0.3 is 5.32 Å². The molecule has 0 fully saturated rings. The van der Waals surface area contributed by atoms with Gasteiger partial charge in [0.05, 0.1) is 0 Å². The number of rotatable bonds is 6. The summed E-state index contributed by atoms with van der Waals surface area (Å²) >= 11 is 0. The van der Waals surface area contributed by atoms with Crippen molar-refractivity contribution in [3.63, 3.8) is 0 Å². The summed E-state index contributed by atoms with van der Waals surface area (Å²) in [5.41, 5.74) is 1.70. The van der Waals surface area contributed by atoms with Crippen LogP contribution in [-0.4, -0.2) is 11.7 Å². The van der Waals surface area contributed by atoms with Crippen LogP contribution in [0.5, 0.6) is 0 Å². The summed E-state index contributed by atoms with van der Waals surface area (Å²) in [6.45, 7) is 3.66. The van der Waals surface area contributed by atoms with Gasteiger partial charge in [0.1, 0.15) is 11.7 Å². The van der Waals surface area contributed by atoms with Crippen LogP contribution in [0.4, 0.5) is 5.69 Å². The maximum Gasteiger partial charge on any atom is 0.235 e. The third-order valence-corrected chi connectivity index (χ3v) is 3.55. The third kappa shape index (κ3) is 4.29. The Kier molecular flexibility index (Phi) is 5.48. The molecule has 0 aliphatic carbocycles. The highest BCUT2D eigenvalue weighted by Crippen LogP contribution is 2.17. The topological polar surface area (TPSA) is 46.2 Å². The van der Waals surface area contributed by atoms with Gasteiger partial charge in [0, 0.05) is 11.6 Å². The molecule has 1 amide bonds. The summed E-state index contributed by atoms with van der Waals surface area (Å²) < 4.78 is 0. The van der Waals surface area contributed by atoms with E-state index < -0.39 is 5.92 Å². The zero-order valence-corrected chi connectivity index (χ0v) is 13.0. The van der Waals surface area contributed by atoms with E-state index in [0.717, 1.165) is 5.56 Å². The predicted molar refractivity (Wildman–Crippen MR) is 88.6 cm³/mol. The van der Waals surface area contributed by atoms with Crippen LogP contribution in [0.3, 0.4) is 0 Å². The molecule has 0 bridgehead atoms. The van der Waals surface area contributed by atoms with Crippen molar-refractivity contribution in [1.29, 1.82) is 0 Å². The highest BCUT2D eigenvalue weighted by Gasteiger charge is 2.28. The zero-order chi connectivity index (χ0) is 15.9. The molecule has 2 rings (SSSR count). The lowest BCUT2D eigenvalue weighted by atomic mass is 9.88. The van der Waals surface area contributed by atoms with E-state index in [1.54, 1.807) is 0 Å². The van der Waals surface area contributed by atoms with Crippen LogP contribution in [0.2, 0.25) is 0 Å². The minimum absolute atomic E-state index is 0.0303. The number of hydrogen-bond donors (Lipinski definition) is 1. The van der Waals surface area contributed by atoms with Crippen molar-refractivity contribution in [3.05, 3.63) is 66.2 Å². The minimum atomic E-state index is -0.664. The van der Waals surface area contributed by atoms with Crippen molar-refractivity contribution >= 4 is 17.4 Å². The smallest absolute Gasteiger partial charge is 0.235 e. The van der Waals surface area contributed by atoms with E-state index in [0.29, 0.717) is 12.1 Å². The molecule has 1 atom stereocenters. The first-order chi connectivity index (χ1) is 10.6. The lowest BCUT2D eigenvalue weighted by Gasteiger charge is -2.18. The van der Waals surface area contributed by atoms with Gasteiger partial charge in [-0.05, 0) is 24.1 Å².